The minimum atomic E-state index is -4.45. The first kappa shape index (κ1) is 20.8. The summed E-state index contributed by atoms with van der Waals surface area (Å²) in [5.74, 6) is 0.816. The SMILES string of the molecule is O=c1ccc2cc(SCc3ccccc3)ccc2n1-c1ccc(C(F)(F)F)cc1Br. The Balaban J connectivity index is 1.72. The van der Waals surface area contributed by atoms with Gasteiger partial charge in [0.1, 0.15) is 0 Å². The molecule has 0 N–H and O–H groups in total. The highest BCUT2D eigenvalue weighted by atomic mass is 79.9. The molecule has 4 rings (SSSR count). The third kappa shape index (κ3) is 4.32. The van der Waals surface area contributed by atoms with E-state index in [2.05, 4.69) is 28.1 Å². The van der Waals surface area contributed by atoms with Crippen LogP contribution < -0.4 is 5.56 Å². The van der Waals surface area contributed by atoms with Crippen molar-refractivity contribution >= 4 is 38.6 Å². The summed E-state index contributed by atoms with van der Waals surface area (Å²) < 4.78 is 40.6. The molecule has 0 spiro atoms. The Bertz CT molecular complexity index is 1270. The summed E-state index contributed by atoms with van der Waals surface area (Å²) in [6.07, 6.45) is -4.45. The predicted octanol–water partition coefficient (Wildman–Crippen LogP) is 7.06. The third-order valence-electron chi connectivity index (χ3n) is 4.63. The van der Waals surface area contributed by atoms with Crippen molar-refractivity contribution in [2.75, 3.05) is 0 Å². The third-order valence-corrected chi connectivity index (χ3v) is 6.33. The van der Waals surface area contributed by atoms with Crippen LogP contribution in [0, 0.1) is 0 Å². The molecule has 0 atom stereocenters. The molecule has 0 unspecified atom stereocenters. The summed E-state index contributed by atoms with van der Waals surface area (Å²) in [7, 11) is 0. The topological polar surface area (TPSA) is 22.0 Å². The number of halogens is 4. The molecule has 4 aromatic rings. The van der Waals surface area contributed by atoms with Gasteiger partial charge < -0.3 is 0 Å². The first-order valence-electron chi connectivity index (χ1n) is 9.02. The van der Waals surface area contributed by atoms with Gasteiger partial charge in [0.15, 0.2) is 0 Å². The van der Waals surface area contributed by atoms with Crippen molar-refractivity contribution in [3.63, 3.8) is 0 Å². The van der Waals surface area contributed by atoms with Gasteiger partial charge in [0.25, 0.3) is 5.56 Å². The van der Waals surface area contributed by atoms with Gasteiger partial charge in [0.05, 0.1) is 16.8 Å². The standard InChI is InChI=1S/C23H15BrF3NOS/c24-19-13-17(23(25,26)27)7-9-21(19)28-20-10-8-18(12-16(20)6-11-22(28)29)30-14-15-4-2-1-3-5-15/h1-13H,14H2. The summed E-state index contributed by atoms with van der Waals surface area (Å²) in [5.41, 5.74) is 1.12. The van der Waals surface area contributed by atoms with Crippen LogP contribution in [0.2, 0.25) is 0 Å². The van der Waals surface area contributed by atoms with Gasteiger partial charge in [-0.2, -0.15) is 13.2 Å². The minimum Gasteiger partial charge on any atom is -0.276 e. The summed E-state index contributed by atoms with van der Waals surface area (Å²) in [5, 5.41) is 0.833. The van der Waals surface area contributed by atoms with Crippen LogP contribution in [0.4, 0.5) is 13.2 Å². The zero-order valence-corrected chi connectivity index (χ0v) is 17.9. The number of thioether (sulfide) groups is 1. The number of hydrogen-bond donors (Lipinski definition) is 0. The number of aromatic nitrogens is 1. The summed E-state index contributed by atoms with van der Waals surface area (Å²) in [6, 6.07) is 22.3. The summed E-state index contributed by atoms with van der Waals surface area (Å²) in [4.78, 5) is 13.6. The Hall–Kier alpha value is -2.51. The molecule has 0 aliphatic heterocycles. The van der Waals surface area contributed by atoms with Crippen LogP contribution in [-0.2, 0) is 11.9 Å². The van der Waals surface area contributed by atoms with Crippen LogP contribution in [0.5, 0.6) is 0 Å². The maximum atomic E-state index is 13.0. The van der Waals surface area contributed by atoms with Crippen molar-refractivity contribution in [1.29, 1.82) is 0 Å². The summed E-state index contributed by atoms with van der Waals surface area (Å²) >= 11 is 4.88. The van der Waals surface area contributed by atoms with E-state index in [0.717, 1.165) is 28.2 Å². The highest BCUT2D eigenvalue weighted by molar-refractivity contribution is 9.10. The fraction of sp³-hybridized carbons (Fsp3) is 0.0870. The van der Waals surface area contributed by atoms with Gasteiger partial charge in [-0.15, -0.1) is 11.8 Å². The highest BCUT2D eigenvalue weighted by Gasteiger charge is 2.31. The minimum absolute atomic E-state index is 0.203. The molecule has 0 saturated carbocycles. The molecule has 0 aliphatic carbocycles. The smallest absolute Gasteiger partial charge is 0.276 e. The van der Waals surface area contributed by atoms with Crippen molar-refractivity contribution in [2.24, 2.45) is 0 Å². The predicted molar refractivity (Wildman–Crippen MR) is 118 cm³/mol. The number of fused-ring (bicyclic) bond motifs is 1. The second kappa shape index (κ2) is 8.32. The zero-order chi connectivity index (χ0) is 21.3. The molecule has 1 heterocycles. The molecule has 7 heteroatoms. The second-order valence-corrected chi connectivity index (χ2v) is 8.57. The first-order chi connectivity index (χ1) is 14.3. The van der Waals surface area contributed by atoms with Gasteiger partial charge in [-0.1, -0.05) is 30.3 Å². The fourth-order valence-corrected chi connectivity index (χ4v) is 4.62. The van der Waals surface area contributed by atoms with Gasteiger partial charge in [-0.3, -0.25) is 9.36 Å². The molecule has 0 bridgehead atoms. The lowest BCUT2D eigenvalue weighted by atomic mass is 10.1. The quantitative estimate of drug-likeness (QED) is 0.286. The van der Waals surface area contributed by atoms with Crippen LogP contribution >= 0.6 is 27.7 Å². The van der Waals surface area contributed by atoms with E-state index in [0.29, 0.717) is 11.2 Å². The van der Waals surface area contributed by atoms with Crippen LogP contribution in [0.15, 0.2) is 93.0 Å². The fourth-order valence-electron chi connectivity index (χ4n) is 3.17. The molecular formula is C23H15BrF3NOS. The van der Waals surface area contributed by atoms with Crippen LogP contribution in [0.1, 0.15) is 11.1 Å². The van der Waals surface area contributed by atoms with E-state index in [1.807, 2.05) is 36.4 Å². The molecule has 3 aromatic carbocycles. The lowest BCUT2D eigenvalue weighted by Crippen LogP contribution is -2.18. The molecule has 30 heavy (non-hydrogen) atoms. The molecule has 0 saturated heterocycles. The lowest BCUT2D eigenvalue weighted by molar-refractivity contribution is -0.137. The van der Waals surface area contributed by atoms with Crippen LogP contribution in [0.25, 0.3) is 16.6 Å². The maximum Gasteiger partial charge on any atom is 0.416 e. The number of hydrogen-bond acceptors (Lipinski definition) is 2. The van der Waals surface area contributed by atoms with Crippen LogP contribution in [0.3, 0.4) is 0 Å². The Morgan fingerprint density at radius 3 is 2.37 bits per heavy atom. The Morgan fingerprint density at radius 2 is 1.67 bits per heavy atom. The van der Waals surface area contributed by atoms with E-state index in [4.69, 9.17) is 0 Å². The Kier molecular flexibility index (Phi) is 5.75. The average molecular weight is 490 g/mol. The Morgan fingerprint density at radius 1 is 0.900 bits per heavy atom. The zero-order valence-electron chi connectivity index (χ0n) is 15.5. The van der Waals surface area contributed by atoms with Gasteiger partial charge in [0.2, 0.25) is 0 Å². The molecule has 2 nitrogen and oxygen atoms in total. The normalized spacial score (nSPS) is 11.7. The van der Waals surface area contributed by atoms with E-state index < -0.39 is 11.7 Å². The van der Waals surface area contributed by atoms with Crippen molar-refractivity contribution in [3.05, 3.63) is 105 Å². The second-order valence-electron chi connectivity index (χ2n) is 6.67. The number of pyridine rings is 1. The lowest BCUT2D eigenvalue weighted by Gasteiger charge is -2.15. The number of alkyl halides is 3. The molecule has 0 fully saturated rings. The molecule has 0 radical (unpaired) electrons. The van der Waals surface area contributed by atoms with E-state index in [9.17, 15) is 18.0 Å². The first-order valence-corrected chi connectivity index (χ1v) is 10.8. The van der Waals surface area contributed by atoms with Gasteiger partial charge in [-0.05, 0) is 69.3 Å². The van der Waals surface area contributed by atoms with E-state index in [1.165, 1.54) is 22.3 Å². The number of nitrogens with zero attached hydrogens (tertiary/aromatic N) is 1. The van der Waals surface area contributed by atoms with E-state index in [1.54, 1.807) is 17.8 Å². The molecule has 0 amide bonds. The molecular weight excluding hydrogens is 475 g/mol. The van der Waals surface area contributed by atoms with E-state index in [-0.39, 0.29) is 10.0 Å². The highest BCUT2D eigenvalue weighted by Crippen LogP contribution is 2.34. The molecule has 152 valence electrons. The number of rotatable bonds is 4. The van der Waals surface area contributed by atoms with Gasteiger partial charge >= 0.3 is 6.18 Å². The average Bonchev–Trinajstić information content (AvgIpc) is 2.73. The van der Waals surface area contributed by atoms with Gasteiger partial charge in [-0.25, -0.2) is 0 Å². The largest absolute Gasteiger partial charge is 0.416 e. The Labute approximate surface area is 183 Å². The van der Waals surface area contributed by atoms with Crippen molar-refractivity contribution < 1.29 is 13.2 Å². The number of benzene rings is 3. The van der Waals surface area contributed by atoms with Crippen molar-refractivity contribution in [1.82, 2.24) is 4.57 Å². The monoisotopic (exact) mass is 489 g/mol. The summed E-state index contributed by atoms with van der Waals surface area (Å²) in [6.45, 7) is 0. The van der Waals surface area contributed by atoms with Crippen molar-refractivity contribution in [2.45, 2.75) is 16.8 Å². The van der Waals surface area contributed by atoms with Crippen LogP contribution in [-0.4, -0.2) is 4.57 Å². The van der Waals surface area contributed by atoms with Crippen molar-refractivity contribution in [3.8, 4) is 5.69 Å². The molecule has 0 aliphatic rings. The molecule has 1 aromatic heterocycles. The van der Waals surface area contributed by atoms with Gasteiger partial charge in [0, 0.05) is 21.2 Å². The maximum absolute atomic E-state index is 13.0. The van der Waals surface area contributed by atoms with E-state index >= 15 is 0 Å².